The maximum atomic E-state index is 5.13. The molecule has 1 aromatic heterocycles. The summed E-state index contributed by atoms with van der Waals surface area (Å²) in [5.41, 5.74) is 4.28. The van der Waals surface area contributed by atoms with Gasteiger partial charge in [0, 0.05) is 5.69 Å². The van der Waals surface area contributed by atoms with Crippen molar-refractivity contribution < 1.29 is 0 Å². The van der Waals surface area contributed by atoms with E-state index in [9.17, 15) is 0 Å². The van der Waals surface area contributed by atoms with Gasteiger partial charge in [0.15, 0.2) is 0 Å². The van der Waals surface area contributed by atoms with Crippen LogP contribution in [0.5, 0.6) is 0 Å². The first-order valence-corrected chi connectivity index (χ1v) is 3.60. The van der Waals surface area contributed by atoms with Crippen molar-refractivity contribution in [1.82, 2.24) is 15.2 Å². The fourth-order valence-electron chi connectivity index (χ4n) is 0.896. The van der Waals surface area contributed by atoms with Gasteiger partial charge in [0.1, 0.15) is 0 Å². The third kappa shape index (κ3) is 1.55. The molecule has 1 heterocycles. The molecule has 0 aromatic carbocycles. The Bertz CT molecular complexity index is 278. The van der Waals surface area contributed by atoms with Gasteiger partial charge in [-0.25, -0.2) is 10.5 Å². The average molecular weight is 170 g/mol. The molecule has 5 heteroatoms. The molecule has 0 amide bonds. The fraction of sp³-hybridized carbons (Fsp3) is 0.333. The van der Waals surface area contributed by atoms with E-state index in [0.29, 0.717) is 5.11 Å². The molecule has 4 nitrogen and oxygen atoms in total. The Morgan fingerprint density at radius 2 is 2.36 bits per heavy atom. The molecule has 0 atom stereocenters. The lowest BCUT2D eigenvalue weighted by Gasteiger charge is -2.02. The van der Waals surface area contributed by atoms with Crippen molar-refractivity contribution in [3.63, 3.8) is 0 Å². The van der Waals surface area contributed by atoms with Gasteiger partial charge in [-0.3, -0.25) is 5.43 Å². The van der Waals surface area contributed by atoms with Gasteiger partial charge in [0.25, 0.3) is 0 Å². The summed E-state index contributed by atoms with van der Waals surface area (Å²) in [4.78, 5) is 0. The highest BCUT2D eigenvalue weighted by Gasteiger charge is 2.03. The summed E-state index contributed by atoms with van der Waals surface area (Å²) in [5, 5.41) is 4.53. The highest BCUT2D eigenvalue weighted by Crippen LogP contribution is 2.00. The molecule has 1 aromatic rings. The zero-order valence-electron chi connectivity index (χ0n) is 6.46. The van der Waals surface area contributed by atoms with Crippen LogP contribution < -0.4 is 11.3 Å². The van der Waals surface area contributed by atoms with Crippen LogP contribution in [0.25, 0.3) is 0 Å². The van der Waals surface area contributed by atoms with E-state index in [1.807, 2.05) is 19.9 Å². The van der Waals surface area contributed by atoms with Crippen LogP contribution >= 0.6 is 12.2 Å². The summed E-state index contributed by atoms with van der Waals surface area (Å²) in [7, 11) is 0. The monoisotopic (exact) mass is 170 g/mol. The molecule has 0 saturated heterocycles. The first kappa shape index (κ1) is 8.16. The molecule has 0 fully saturated rings. The minimum atomic E-state index is 0.413. The Hall–Kier alpha value is -0.940. The van der Waals surface area contributed by atoms with Gasteiger partial charge in [-0.15, -0.1) is 0 Å². The van der Waals surface area contributed by atoms with E-state index >= 15 is 0 Å². The number of thiocarbonyl (C=S) groups is 1. The van der Waals surface area contributed by atoms with Gasteiger partial charge in [0.05, 0.1) is 5.69 Å². The zero-order chi connectivity index (χ0) is 8.43. The second-order valence-corrected chi connectivity index (χ2v) is 2.68. The molecule has 0 bridgehead atoms. The summed E-state index contributed by atoms with van der Waals surface area (Å²) >= 11 is 4.89. The van der Waals surface area contributed by atoms with Gasteiger partial charge in [-0.05, 0) is 32.1 Å². The van der Waals surface area contributed by atoms with Gasteiger partial charge in [-0.1, -0.05) is 0 Å². The molecule has 11 heavy (non-hydrogen) atoms. The molecule has 60 valence electrons. The predicted octanol–water partition coefficient (Wildman–Crippen LogP) is 0.0962. The van der Waals surface area contributed by atoms with Crippen LogP contribution in [0.4, 0.5) is 0 Å². The molecule has 0 saturated carbocycles. The Labute approximate surface area is 70.4 Å². The molecular weight excluding hydrogens is 160 g/mol. The summed E-state index contributed by atoms with van der Waals surface area (Å²) < 4.78 is 1.59. The Morgan fingerprint density at radius 3 is 2.73 bits per heavy atom. The van der Waals surface area contributed by atoms with Crippen molar-refractivity contribution in [2.45, 2.75) is 13.8 Å². The molecule has 0 aliphatic heterocycles. The largest absolute Gasteiger partial charge is 0.299 e. The predicted molar refractivity (Wildman–Crippen MR) is 47.0 cm³/mol. The van der Waals surface area contributed by atoms with Gasteiger partial charge < -0.3 is 0 Å². The summed E-state index contributed by atoms with van der Waals surface area (Å²) in [5.74, 6) is 5.13. The van der Waals surface area contributed by atoms with Gasteiger partial charge in [-0.2, -0.15) is 5.10 Å². The topological polar surface area (TPSA) is 55.9 Å². The number of aryl methyl sites for hydroxylation is 2. The van der Waals surface area contributed by atoms with Crippen LogP contribution in [0.1, 0.15) is 11.4 Å². The minimum absolute atomic E-state index is 0.413. The Morgan fingerprint density at radius 1 is 1.73 bits per heavy atom. The van der Waals surface area contributed by atoms with Crippen molar-refractivity contribution in [3.05, 3.63) is 17.5 Å². The van der Waals surface area contributed by atoms with Crippen LogP contribution in [0.2, 0.25) is 0 Å². The normalized spacial score (nSPS) is 9.73. The van der Waals surface area contributed by atoms with Crippen molar-refractivity contribution in [2.75, 3.05) is 0 Å². The smallest absolute Gasteiger partial charge is 0.208 e. The number of hydrazine groups is 1. The average Bonchev–Trinajstić information content (AvgIpc) is 2.28. The summed E-state index contributed by atoms with van der Waals surface area (Å²) in [6.07, 6.45) is 0. The lowest BCUT2D eigenvalue weighted by molar-refractivity contribution is 0.838. The van der Waals surface area contributed by atoms with Crippen LogP contribution in [-0.2, 0) is 0 Å². The van der Waals surface area contributed by atoms with E-state index in [4.69, 9.17) is 18.1 Å². The molecule has 0 aliphatic rings. The number of rotatable bonds is 0. The van der Waals surface area contributed by atoms with E-state index < -0.39 is 0 Å². The van der Waals surface area contributed by atoms with E-state index in [-0.39, 0.29) is 0 Å². The van der Waals surface area contributed by atoms with E-state index in [2.05, 4.69) is 10.5 Å². The lowest BCUT2D eigenvalue weighted by atomic mass is 10.4. The molecule has 1 rings (SSSR count). The highest BCUT2D eigenvalue weighted by atomic mass is 32.1. The van der Waals surface area contributed by atoms with Crippen molar-refractivity contribution in [1.29, 1.82) is 0 Å². The van der Waals surface area contributed by atoms with Gasteiger partial charge >= 0.3 is 0 Å². The SMILES string of the molecule is Cc1cc(C)n(C(=S)NN)n1. The van der Waals surface area contributed by atoms with Crippen LogP contribution in [0.3, 0.4) is 0 Å². The summed E-state index contributed by atoms with van der Waals surface area (Å²) in [6.45, 7) is 3.83. The van der Waals surface area contributed by atoms with Crippen LogP contribution in [-0.4, -0.2) is 14.9 Å². The van der Waals surface area contributed by atoms with Crippen LogP contribution in [0.15, 0.2) is 6.07 Å². The third-order valence-electron chi connectivity index (χ3n) is 1.33. The third-order valence-corrected chi connectivity index (χ3v) is 1.62. The van der Waals surface area contributed by atoms with E-state index in [1.54, 1.807) is 4.68 Å². The van der Waals surface area contributed by atoms with Crippen molar-refractivity contribution >= 4 is 17.3 Å². The number of hydrogen-bond acceptors (Lipinski definition) is 3. The minimum Gasteiger partial charge on any atom is -0.299 e. The Balaban J connectivity index is 3.03. The lowest BCUT2D eigenvalue weighted by Crippen LogP contribution is -2.35. The number of nitrogens with one attached hydrogen (secondary N) is 1. The highest BCUT2D eigenvalue weighted by molar-refractivity contribution is 7.80. The summed E-state index contributed by atoms with van der Waals surface area (Å²) in [6, 6.07) is 1.93. The molecule has 0 spiro atoms. The van der Waals surface area contributed by atoms with Crippen molar-refractivity contribution in [2.24, 2.45) is 5.84 Å². The second kappa shape index (κ2) is 2.98. The molecule has 0 aliphatic carbocycles. The number of nitrogens with zero attached hydrogens (tertiary/aromatic N) is 2. The van der Waals surface area contributed by atoms with Crippen LogP contribution in [0, 0.1) is 13.8 Å². The maximum Gasteiger partial charge on any atom is 0.208 e. The Kier molecular flexibility index (Phi) is 2.21. The molecule has 0 unspecified atom stereocenters. The standard InChI is InChI=1S/C6H10N4S/c1-4-3-5(2)10(9-4)6(11)8-7/h3H,7H2,1-2H3,(H,8,11). The van der Waals surface area contributed by atoms with Crippen molar-refractivity contribution in [3.8, 4) is 0 Å². The first-order chi connectivity index (χ1) is 5.15. The van der Waals surface area contributed by atoms with E-state index in [1.165, 1.54) is 0 Å². The maximum absolute atomic E-state index is 5.13. The first-order valence-electron chi connectivity index (χ1n) is 3.19. The van der Waals surface area contributed by atoms with Gasteiger partial charge in [0.2, 0.25) is 5.11 Å². The quantitative estimate of drug-likeness (QED) is 0.329. The molecular formula is C6H10N4S. The zero-order valence-corrected chi connectivity index (χ0v) is 7.27. The number of hydrogen-bond donors (Lipinski definition) is 2. The molecule has 0 radical (unpaired) electrons. The fourth-order valence-corrected chi connectivity index (χ4v) is 1.08. The molecule has 3 N–H and O–H groups in total. The second-order valence-electron chi connectivity index (χ2n) is 2.29. The van der Waals surface area contributed by atoms with E-state index in [0.717, 1.165) is 11.4 Å². The number of nitrogens with two attached hydrogens (primary N) is 1. The number of aromatic nitrogens is 2.